The summed E-state index contributed by atoms with van der Waals surface area (Å²) in [6, 6.07) is 5.25. The Morgan fingerprint density at radius 2 is 1.95 bits per heavy atom. The molecule has 0 atom stereocenters. The second-order valence-corrected chi connectivity index (χ2v) is 4.33. The van der Waals surface area contributed by atoms with Crippen molar-refractivity contribution in [3.63, 3.8) is 0 Å². The predicted molar refractivity (Wildman–Crippen MR) is 74.5 cm³/mol. The SMILES string of the molecule is [B]c1cc(-c2ccc(F)c(F)c2)cnc1/C(Cl)=C\C. The van der Waals surface area contributed by atoms with Gasteiger partial charge in [-0.05, 0) is 30.2 Å². The highest BCUT2D eigenvalue weighted by molar-refractivity contribution is 6.51. The Hall–Kier alpha value is -1.68. The zero-order chi connectivity index (χ0) is 14.0. The second kappa shape index (κ2) is 5.53. The highest BCUT2D eigenvalue weighted by Crippen LogP contribution is 2.22. The summed E-state index contributed by atoms with van der Waals surface area (Å²) in [5, 5.41) is 0.439. The van der Waals surface area contributed by atoms with Crippen LogP contribution in [-0.4, -0.2) is 12.8 Å². The van der Waals surface area contributed by atoms with Gasteiger partial charge in [0.15, 0.2) is 11.6 Å². The van der Waals surface area contributed by atoms with E-state index in [0.29, 0.717) is 27.3 Å². The number of hydrogen-bond acceptors (Lipinski definition) is 1. The molecule has 0 unspecified atom stereocenters. The first-order chi connectivity index (χ1) is 9.02. The third-order valence-corrected chi connectivity index (χ3v) is 3.05. The average Bonchev–Trinajstić information content (AvgIpc) is 2.41. The maximum absolute atomic E-state index is 13.2. The Morgan fingerprint density at radius 1 is 1.21 bits per heavy atom. The fourth-order valence-electron chi connectivity index (χ4n) is 1.65. The van der Waals surface area contributed by atoms with Crippen LogP contribution in [0.1, 0.15) is 12.6 Å². The van der Waals surface area contributed by atoms with Crippen LogP contribution in [-0.2, 0) is 0 Å². The minimum atomic E-state index is -0.911. The lowest BCUT2D eigenvalue weighted by molar-refractivity contribution is 0.509. The largest absolute Gasteiger partial charge is 0.255 e. The molecule has 2 rings (SSSR count). The zero-order valence-electron chi connectivity index (χ0n) is 10.1. The minimum Gasteiger partial charge on any atom is -0.255 e. The first-order valence-corrected chi connectivity index (χ1v) is 5.94. The fraction of sp³-hybridized carbons (Fsp3) is 0.0714. The lowest BCUT2D eigenvalue weighted by Gasteiger charge is -2.08. The molecule has 1 heterocycles. The van der Waals surface area contributed by atoms with Gasteiger partial charge in [0.05, 0.1) is 10.7 Å². The molecule has 0 fully saturated rings. The molecule has 19 heavy (non-hydrogen) atoms. The van der Waals surface area contributed by atoms with Gasteiger partial charge in [0, 0.05) is 6.20 Å². The van der Waals surface area contributed by atoms with Crippen LogP contribution in [0.25, 0.3) is 16.2 Å². The maximum Gasteiger partial charge on any atom is 0.159 e. The van der Waals surface area contributed by atoms with Gasteiger partial charge in [-0.25, -0.2) is 8.78 Å². The van der Waals surface area contributed by atoms with Crippen LogP contribution in [0.3, 0.4) is 0 Å². The highest BCUT2D eigenvalue weighted by atomic mass is 35.5. The van der Waals surface area contributed by atoms with Crippen molar-refractivity contribution in [1.29, 1.82) is 0 Å². The minimum absolute atomic E-state index is 0.380. The van der Waals surface area contributed by atoms with E-state index in [1.165, 1.54) is 12.3 Å². The number of nitrogens with zero attached hydrogens (tertiary/aromatic N) is 1. The molecule has 1 aromatic carbocycles. The molecule has 0 saturated carbocycles. The lowest BCUT2D eigenvalue weighted by Crippen LogP contribution is -2.11. The maximum atomic E-state index is 13.2. The Labute approximate surface area is 116 Å². The summed E-state index contributed by atoms with van der Waals surface area (Å²) in [5.74, 6) is -1.80. The van der Waals surface area contributed by atoms with Gasteiger partial charge in [0.2, 0.25) is 0 Å². The molecule has 0 spiro atoms. The summed E-state index contributed by atoms with van der Waals surface area (Å²) in [6.07, 6.45) is 3.20. The standard InChI is InChI=1S/C14H9BClF2N/c1-2-11(16)14-10(15)5-9(7-19-14)8-3-4-12(17)13(18)6-8/h2-7H,1H3/b11-2+. The third-order valence-electron chi connectivity index (χ3n) is 2.65. The van der Waals surface area contributed by atoms with Gasteiger partial charge in [0.25, 0.3) is 0 Å². The number of hydrogen-bond donors (Lipinski definition) is 0. The molecule has 0 aliphatic carbocycles. The zero-order valence-corrected chi connectivity index (χ0v) is 10.9. The summed E-state index contributed by atoms with van der Waals surface area (Å²) in [5.41, 5.74) is 1.95. The van der Waals surface area contributed by atoms with E-state index in [0.717, 1.165) is 12.1 Å². The number of halogens is 3. The van der Waals surface area contributed by atoms with Gasteiger partial charge >= 0.3 is 0 Å². The normalized spacial score (nSPS) is 11.7. The third kappa shape index (κ3) is 2.84. The van der Waals surface area contributed by atoms with Crippen molar-refractivity contribution in [2.45, 2.75) is 6.92 Å². The van der Waals surface area contributed by atoms with Crippen molar-refractivity contribution in [2.75, 3.05) is 0 Å². The van der Waals surface area contributed by atoms with Gasteiger partial charge in [-0.15, -0.1) is 0 Å². The monoisotopic (exact) mass is 275 g/mol. The summed E-state index contributed by atoms with van der Waals surface area (Å²) >= 11 is 5.95. The molecule has 0 aliphatic heterocycles. The molecule has 0 aliphatic rings. The van der Waals surface area contributed by atoms with Crippen LogP contribution in [0.2, 0.25) is 0 Å². The quantitative estimate of drug-likeness (QED) is 0.765. The Morgan fingerprint density at radius 3 is 2.53 bits per heavy atom. The second-order valence-electron chi connectivity index (χ2n) is 3.93. The summed E-state index contributed by atoms with van der Waals surface area (Å²) in [7, 11) is 5.85. The fourth-order valence-corrected chi connectivity index (χ4v) is 1.81. The molecular weight excluding hydrogens is 266 g/mol. The van der Waals surface area contributed by atoms with E-state index in [9.17, 15) is 8.78 Å². The molecule has 0 amide bonds. The number of pyridine rings is 1. The van der Waals surface area contributed by atoms with Crippen molar-refractivity contribution < 1.29 is 8.78 Å². The summed E-state index contributed by atoms with van der Waals surface area (Å²) in [4.78, 5) is 4.14. The highest BCUT2D eigenvalue weighted by Gasteiger charge is 2.08. The van der Waals surface area contributed by atoms with Crippen molar-refractivity contribution in [2.24, 2.45) is 0 Å². The smallest absolute Gasteiger partial charge is 0.159 e. The Kier molecular flexibility index (Phi) is 4.00. The molecule has 1 aromatic heterocycles. The Balaban J connectivity index is 2.47. The molecule has 0 saturated heterocycles. The van der Waals surface area contributed by atoms with Crippen molar-refractivity contribution in [3.8, 4) is 11.1 Å². The molecule has 5 heteroatoms. The van der Waals surface area contributed by atoms with Gasteiger partial charge in [0.1, 0.15) is 7.85 Å². The molecule has 94 valence electrons. The van der Waals surface area contributed by atoms with Gasteiger partial charge in [-0.1, -0.05) is 35.3 Å². The van der Waals surface area contributed by atoms with Crippen molar-refractivity contribution in [1.82, 2.24) is 4.98 Å². The summed E-state index contributed by atoms with van der Waals surface area (Å²) in [6.45, 7) is 1.77. The molecule has 2 radical (unpaired) electrons. The molecule has 0 N–H and O–H groups in total. The van der Waals surface area contributed by atoms with Crippen LogP contribution in [0.4, 0.5) is 8.78 Å². The first-order valence-electron chi connectivity index (χ1n) is 5.56. The topological polar surface area (TPSA) is 12.9 Å². The van der Waals surface area contributed by atoms with Gasteiger partial charge in [-0.3, -0.25) is 4.98 Å². The molecule has 2 aromatic rings. The van der Waals surface area contributed by atoms with Crippen LogP contribution in [0.15, 0.2) is 36.5 Å². The van der Waals surface area contributed by atoms with Crippen LogP contribution in [0, 0.1) is 11.6 Å². The lowest BCUT2D eigenvalue weighted by atomic mass is 9.91. The van der Waals surface area contributed by atoms with Crippen LogP contribution in [0.5, 0.6) is 0 Å². The van der Waals surface area contributed by atoms with Crippen LogP contribution < -0.4 is 5.46 Å². The van der Waals surface area contributed by atoms with E-state index in [1.807, 2.05) is 0 Å². The predicted octanol–water partition coefficient (Wildman–Crippen LogP) is 3.42. The van der Waals surface area contributed by atoms with Gasteiger partial charge < -0.3 is 0 Å². The first kappa shape index (κ1) is 13.7. The molecular formula is C14H9BClF2N. The number of benzene rings is 1. The number of allylic oxidation sites excluding steroid dienone is 1. The molecule has 1 nitrogen and oxygen atoms in total. The van der Waals surface area contributed by atoms with Crippen molar-refractivity contribution in [3.05, 3.63) is 53.9 Å². The van der Waals surface area contributed by atoms with Crippen LogP contribution >= 0.6 is 11.6 Å². The van der Waals surface area contributed by atoms with E-state index in [2.05, 4.69) is 4.98 Å². The van der Waals surface area contributed by atoms with Crippen molar-refractivity contribution >= 4 is 29.9 Å². The summed E-state index contributed by atoms with van der Waals surface area (Å²) < 4.78 is 26.0. The average molecular weight is 275 g/mol. The number of rotatable bonds is 2. The van der Waals surface area contributed by atoms with E-state index in [-0.39, 0.29) is 0 Å². The van der Waals surface area contributed by atoms with E-state index in [4.69, 9.17) is 19.4 Å². The molecule has 0 bridgehead atoms. The van der Waals surface area contributed by atoms with E-state index in [1.54, 1.807) is 19.1 Å². The van der Waals surface area contributed by atoms with Gasteiger partial charge in [-0.2, -0.15) is 0 Å². The van der Waals surface area contributed by atoms with E-state index >= 15 is 0 Å². The Bertz CT molecular complexity index is 656. The number of aromatic nitrogens is 1. The van der Waals surface area contributed by atoms with E-state index < -0.39 is 11.6 Å².